The highest BCUT2D eigenvalue weighted by molar-refractivity contribution is 6.15. The fraction of sp³-hybridized carbons (Fsp3) is 0.0909. The van der Waals surface area contributed by atoms with Crippen LogP contribution in [0.15, 0.2) is 110 Å². The molecule has 0 saturated heterocycles. The van der Waals surface area contributed by atoms with Gasteiger partial charge in [0.05, 0.1) is 12.1 Å². The second-order valence-electron chi connectivity index (χ2n) is 9.39. The number of nitrogens with zero attached hydrogens (tertiary/aromatic N) is 2. The van der Waals surface area contributed by atoms with Gasteiger partial charge in [0, 0.05) is 22.8 Å². The Hall–Kier alpha value is -4.77. The van der Waals surface area contributed by atoms with Crippen molar-refractivity contribution in [1.29, 1.82) is 0 Å². The predicted molar refractivity (Wildman–Crippen MR) is 147 cm³/mol. The summed E-state index contributed by atoms with van der Waals surface area (Å²) in [5.74, 6) is -0.0909. The maximum absolute atomic E-state index is 14.0. The first-order valence-electron chi connectivity index (χ1n) is 12.5. The average molecular weight is 501 g/mol. The number of benzene rings is 4. The van der Waals surface area contributed by atoms with Gasteiger partial charge in [-0.1, -0.05) is 85.4 Å². The van der Waals surface area contributed by atoms with Crippen molar-refractivity contribution in [1.82, 2.24) is 9.88 Å². The summed E-state index contributed by atoms with van der Waals surface area (Å²) in [6.45, 7) is 6.56. The standard InChI is InChI=1S/C33H25FN2O2/c1-21-27-14-9-19-35-30(27)32(38-31(24-10-5-3-6-11-24)25-12-7-4-8-13-25)29-28(21)22(2)36(33(29)37)20-23-15-17-26(34)18-16-23/h3-19,31H,2,20H2,1H3. The Labute approximate surface area is 220 Å². The summed E-state index contributed by atoms with van der Waals surface area (Å²) in [7, 11) is 0. The van der Waals surface area contributed by atoms with E-state index in [1.807, 2.05) is 79.7 Å². The van der Waals surface area contributed by atoms with Crippen LogP contribution in [0.2, 0.25) is 0 Å². The zero-order chi connectivity index (χ0) is 26.2. The molecule has 0 atom stereocenters. The summed E-state index contributed by atoms with van der Waals surface area (Å²) < 4.78 is 20.3. The minimum Gasteiger partial charge on any atom is -0.478 e. The summed E-state index contributed by atoms with van der Waals surface area (Å²) in [4.78, 5) is 20.3. The molecule has 0 saturated carbocycles. The van der Waals surface area contributed by atoms with Crippen LogP contribution in [0.3, 0.4) is 0 Å². The molecule has 1 aliphatic rings. The third kappa shape index (κ3) is 4.02. The number of fused-ring (bicyclic) bond motifs is 2. The van der Waals surface area contributed by atoms with Crippen LogP contribution in [0, 0.1) is 12.7 Å². The van der Waals surface area contributed by atoms with Crippen LogP contribution in [0.4, 0.5) is 4.39 Å². The minimum absolute atomic E-state index is 0.208. The van der Waals surface area contributed by atoms with E-state index in [9.17, 15) is 9.18 Å². The smallest absolute Gasteiger partial charge is 0.263 e. The lowest BCUT2D eigenvalue weighted by Gasteiger charge is -2.23. The van der Waals surface area contributed by atoms with E-state index in [2.05, 4.69) is 11.6 Å². The number of carbonyl (C=O) groups excluding carboxylic acids is 1. The number of hydrogen-bond acceptors (Lipinski definition) is 3. The quantitative estimate of drug-likeness (QED) is 0.243. The zero-order valence-corrected chi connectivity index (χ0v) is 20.9. The molecule has 0 N–H and O–H groups in total. The summed E-state index contributed by atoms with van der Waals surface area (Å²) in [5, 5.41) is 0.902. The topological polar surface area (TPSA) is 42.4 Å². The molecule has 1 amide bonds. The fourth-order valence-electron chi connectivity index (χ4n) is 5.16. The predicted octanol–water partition coefficient (Wildman–Crippen LogP) is 7.48. The normalized spacial score (nSPS) is 12.9. The Kier molecular flexibility index (Phi) is 5.97. The van der Waals surface area contributed by atoms with E-state index in [1.54, 1.807) is 23.2 Å². The lowest BCUT2D eigenvalue weighted by atomic mass is 9.96. The molecule has 186 valence electrons. The van der Waals surface area contributed by atoms with Gasteiger partial charge in [0.2, 0.25) is 0 Å². The van der Waals surface area contributed by atoms with E-state index >= 15 is 0 Å². The van der Waals surface area contributed by atoms with E-state index in [0.29, 0.717) is 22.5 Å². The number of amides is 1. The third-order valence-electron chi connectivity index (χ3n) is 7.05. The Balaban J connectivity index is 1.52. The number of hydrogen-bond donors (Lipinski definition) is 0. The van der Waals surface area contributed by atoms with E-state index in [1.165, 1.54) is 12.1 Å². The van der Waals surface area contributed by atoms with Gasteiger partial charge in [0.15, 0.2) is 5.75 Å². The molecule has 6 rings (SSSR count). The van der Waals surface area contributed by atoms with Crippen molar-refractivity contribution in [3.05, 3.63) is 149 Å². The monoisotopic (exact) mass is 500 g/mol. The van der Waals surface area contributed by atoms with Crippen molar-refractivity contribution >= 4 is 22.5 Å². The van der Waals surface area contributed by atoms with Crippen molar-refractivity contribution in [3.8, 4) is 5.75 Å². The van der Waals surface area contributed by atoms with Crippen molar-refractivity contribution in [2.75, 3.05) is 0 Å². The van der Waals surface area contributed by atoms with Gasteiger partial charge < -0.3 is 9.64 Å². The van der Waals surface area contributed by atoms with Gasteiger partial charge in [-0.05, 0) is 47.4 Å². The summed E-state index contributed by atoms with van der Waals surface area (Å²) in [6.07, 6.45) is 1.26. The lowest BCUT2D eigenvalue weighted by Crippen LogP contribution is -2.23. The van der Waals surface area contributed by atoms with Crippen molar-refractivity contribution < 1.29 is 13.9 Å². The van der Waals surface area contributed by atoms with Gasteiger partial charge in [-0.25, -0.2) is 4.39 Å². The molecule has 0 unspecified atom stereocenters. The maximum atomic E-state index is 14.0. The number of aryl methyl sites for hydroxylation is 1. The van der Waals surface area contributed by atoms with Gasteiger partial charge in [-0.3, -0.25) is 9.78 Å². The number of rotatable bonds is 6. The summed E-state index contributed by atoms with van der Waals surface area (Å²) in [5.41, 5.74) is 6.09. The molecule has 38 heavy (non-hydrogen) atoms. The molecule has 1 aliphatic heterocycles. The van der Waals surface area contributed by atoms with Crippen molar-refractivity contribution in [2.24, 2.45) is 0 Å². The van der Waals surface area contributed by atoms with Crippen LogP contribution in [0.25, 0.3) is 16.6 Å². The van der Waals surface area contributed by atoms with Gasteiger partial charge in [0.1, 0.15) is 17.4 Å². The number of aromatic nitrogens is 1. The van der Waals surface area contributed by atoms with E-state index in [4.69, 9.17) is 4.74 Å². The number of halogens is 1. The molecule has 0 radical (unpaired) electrons. The summed E-state index contributed by atoms with van der Waals surface area (Å²) in [6, 6.07) is 29.9. The highest BCUT2D eigenvalue weighted by atomic mass is 19.1. The molecular weight excluding hydrogens is 475 g/mol. The zero-order valence-electron chi connectivity index (χ0n) is 20.9. The van der Waals surface area contributed by atoms with Gasteiger partial charge in [-0.2, -0.15) is 0 Å². The second-order valence-corrected chi connectivity index (χ2v) is 9.39. The third-order valence-corrected chi connectivity index (χ3v) is 7.05. The number of ether oxygens (including phenoxy) is 1. The molecule has 1 aromatic heterocycles. The molecule has 0 spiro atoms. The highest BCUT2D eigenvalue weighted by Crippen LogP contribution is 2.46. The largest absolute Gasteiger partial charge is 0.478 e. The molecule has 4 aromatic carbocycles. The lowest BCUT2D eigenvalue weighted by molar-refractivity contribution is 0.0838. The molecule has 2 heterocycles. The SMILES string of the molecule is C=C1c2c(c(OC(c3ccccc3)c3ccccc3)c3ncccc3c2C)C(=O)N1Cc1ccc(F)cc1. The van der Waals surface area contributed by atoms with Crippen LogP contribution < -0.4 is 4.74 Å². The Morgan fingerprint density at radius 1 is 0.868 bits per heavy atom. The Bertz CT molecular complexity index is 1630. The summed E-state index contributed by atoms with van der Waals surface area (Å²) >= 11 is 0. The van der Waals surface area contributed by atoms with Crippen LogP contribution >= 0.6 is 0 Å². The molecule has 5 aromatic rings. The maximum Gasteiger partial charge on any atom is 0.263 e. The number of pyridine rings is 1. The number of carbonyl (C=O) groups is 1. The molecular formula is C33H25FN2O2. The van der Waals surface area contributed by atoms with Crippen molar-refractivity contribution in [3.63, 3.8) is 0 Å². The molecule has 0 bridgehead atoms. The molecule has 5 heteroatoms. The van der Waals surface area contributed by atoms with E-state index in [0.717, 1.165) is 33.2 Å². The van der Waals surface area contributed by atoms with Crippen LogP contribution in [0.5, 0.6) is 5.75 Å². The minimum atomic E-state index is -0.457. The van der Waals surface area contributed by atoms with Crippen molar-refractivity contribution in [2.45, 2.75) is 19.6 Å². The van der Waals surface area contributed by atoms with Crippen LogP contribution in [-0.4, -0.2) is 15.8 Å². The van der Waals surface area contributed by atoms with Gasteiger partial charge in [0.25, 0.3) is 5.91 Å². The Morgan fingerprint density at radius 3 is 2.13 bits per heavy atom. The van der Waals surface area contributed by atoms with Crippen LogP contribution in [0.1, 0.15) is 44.3 Å². The highest BCUT2D eigenvalue weighted by Gasteiger charge is 2.38. The molecule has 0 aliphatic carbocycles. The first-order valence-corrected chi connectivity index (χ1v) is 12.5. The van der Waals surface area contributed by atoms with Crippen LogP contribution in [-0.2, 0) is 6.54 Å². The second kappa shape index (κ2) is 9.60. The van der Waals surface area contributed by atoms with E-state index < -0.39 is 6.10 Å². The average Bonchev–Trinajstić information content (AvgIpc) is 3.20. The first-order chi connectivity index (χ1) is 18.5. The molecule has 0 fully saturated rings. The first kappa shape index (κ1) is 23.6. The fourth-order valence-corrected chi connectivity index (χ4v) is 5.16. The van der Waals surface area contributed by atoms with Gasteiger partial charge >= 0.3 is 0 Å². The molecule has 4 nitrogen and oxygen atoms in total. The van der Waals surface area contributed by atoms with Gasteiger partial charge in [-0.15, -0.1) is 0 Å². The Morgan fingerprint density at radius 2 is 1.50 bits per heavy atom. The van der Waals surface area contributed by atoms with E-state index in [-0.39, 0.29) is 18.3 Å².